The predicted molar refractivity (Wildman–Crippen MR) is 86.2 cm³/mol. The van der Waals surface area contributed by atoms with E-state index in [-0.39, 0.29) is 5.91 Å². The minimum atomic E-state index is -0.641. The van der Waals surface area contributed by atoms with Crippen molar-refractivity contribution in [1.82, 2.24) is 9.88 Å². The molecule has 6 heteroatoms. The lowest BCUT2D eigenvalue weighted by atomic mass is 10.0. The second kappa shape index (κ2) is 5.30. The number of ether oxygens (including phenoxy) is 2. The number of nitrogens with one attached hydrogen (secondary N) is 1. The number of aromatic nitrogens is 1. The van der Waals surface area contributed by atoms with Crippen LogP contribution in [0, 0.1) is 0 Å². The molecule has 0 fully saturated rings. The molecule has 1 amide bonds. The van der Waals surface area contributed by atoms with Crippen LogP contribution in [0.4, 0.5) is 4.79 Å². The number of carbonyl (C=O) groups excluding carboxylic acids is 2. The Bertz CT molecular complexity index is 799. The summed E-state index contributed by atoms with van der Waals surface area (Å²) >= 11 is 0. The van der Waals surface area contributed by atoms with Crippen LogP contribution in [0.25, 0.3) is 10.9 Å². The number of hydrogen-bond donors (Lipinski definition) is 1. The Balaban J connectivity index is 2.25. The van der Waals surface area contributed by atoms with Crippen molar-refractivity contribution in [2.45, 2.75) is 32.8 Å². The van der Waals surface area contributed by atoms with Gasteiger partial charge in [-0.2, -0.15) is 0 Å². The Hall–Kier alpha value is -2.50. The summed E-state index contributed by atoms with van der Waals surface area (Å²) in [4.78, 5) is 25.0. The van der Waals surface area contributed by atoms with Gasteiger partial charge in [-0.25, -0.2) is 9.36 Å². The van der Waals surface area contributed by atoms with E-state index >= 15 is 0 Å². The highest BCUT2D eigenvalue weighted by Gasteiger charge is 2.31. The van der Waals surface area contributed by atoms with Crippen LogP contribution in [0.15, 0.2) is 18.2 Å². The van der Waals surface area contributed by atoms with Crippen molar-refractivity contribution in [2.24, 2.45) is 0 Å². The normalized spacial score (nSPS) is 14.3. The zero-order valence-corrected chi connectivity index (χ0v) is 13.7. The molecular weight excluding hydrogens is 296 g/mol. The zero-order valence-electron chi connectivity index (χ0n) is 13.7. The maximum Gasteiger partial charge on any atom is 0.419 e. The molecule has 0 radical (unpaired) electrons. The number of carbonyl (C=O) groups is 2. The molecule has 1 N–H and O–H groups in total. The minimum absolute atomic E-state index is 0.257. The van der Waals surface area contributed by atoms with Crippen molar-refractivity contribution in [3.05, 3.63) is 29.5 Å². The SMILES string of the molecule is COc1ccc2c(c1)c1c(n2C(=O)OC(C)(C)C)C(=O)NCC1. The van der Waals surface area contributed by atoms with E-state index in [1.165, 1.54) is 4.57 Å². The van der Waals surface area contributed by atoms with Gasteiger partial charge in [0.1, 0.15) is 17.0 Å². The molecule has 2 heterocycles. The van der Waals surface area contributed by atoms with Crippen LogP contribution in [0.3, 0.4) is 0 Å². The van der Waals surface area contributed by atoms with E-state index in [0.717, 1.165) is 10.9 Å². The fourth-order valence-corrected chi connectivity index (χ4v) is 2.84. The first-order valence-corrected chi connectivity index (χ1v) is 7.54. The maximum atomic E-state index is 12.6. The standard InChI is InChI=1S/C17H20N2O4/c1-17(2,3)23-16(21)19-13-6-5-10(22-4)9-12(13)11-7-8-18-15(20)14(11)19/h5-6,9H,7-8H2,1-4H3,(H,18,20). The molecule has 0 atom stereocenters. The summed E-state index contributed by atoms with van der Waals surface area (Å²) in [5.41, 5.74) is 1.22. The van der Waals surface area contributed by atoms with Gasteiger partial charge in [0.15, 0.2) is 0 Å². The molecule has 0 aliphatic carbocycles. The molecule has 0 saturated heterocycles. The number of fused-ring (bicyclic) bond motifs is 3. The fraction of sp³-hybridized carbons (Fsp3) is 0.412. The van der Waals surface area contributed by atoms with E-state index < -0.39 is 11.7 Å². The number of nitrogens with zero attached hydrogens (tertiary/aromatic N) is 1. The van der Waals surface area contributed by atoms with Gasteiger partial charge < -0.3 is 14.8 Å². The number of rotatable bonds is 1. The van der Waals surface area contributed by atoms with Crippen molar-refractivity contribution < 1.29 is 19.1 Å². The predicted octanol–water partition coefficient (Wildman–Crippen LogP) is 2.72. The summed E-state index contributed by atoms with van der Waals surface area (Å²) in [6.45, 7) is 5.95. The average molecular weight is 316 g/mol. The Morgan fingerprint density at radius 3 is 2.70 bits per heavy atom. The fourth-order valence-electron chi connectivity index (χ4n) is 2.84. The second-order valence-corrected chi connectivity index (χ2v) is 6.53. The Kier molecular flexibility index (Phi) is 3.55. The minimum Gasteiger partial charge on any atom is -0.497 e. The molecule has 1 aliphatic rings. The zero-order chi connectivity index (χ0) is 16.8. The second-order valence-electron chi connectivity index (χ2n) is 6.53. The van der Waals surface area contributed by atoms with E-state index in [2.05, 4.69) is 5.32 Å². The van der Waals surface area contributed by atoms with Gasteiger partial charge in [0.05, 0.1) is 12.6 Å². The number of hydrogen-bond acceptors (Lipinski definition) is 4. The monoisotopic (exact) mass is 316 g/mol. The van der Waals surface area contributed by atoms with Crippen molar-refractivity contribution in [3.8, 4) is 5.75 Å². The molecule has 1 aromatic heterocycles. The Morgan fingerprint density at radius 1 is 1.30 bits per heavy atom. The van der Waals surface area contributed by atoms with Crippen LogP contribution in [0.1, 0.15) is 36.8 Å². The van der Waals surface area contributed by atoms with Crippen LogP contribution < -0.4 is 10.1 Å². The van der Waals surface area contributed by atoms with Crippen LogP contribution >= 0.6 is 0 Å². The third-order valence-corrected chi connectivity index (χ3v) is 3.73. The van der Waals surface area contributed by atoms with Gasteiger partial charge in [-0.3, -0.25) is 4.79 Å². The molecule has 3 rings (SSSR count). The van der Waals surface area contributed by atoms with Crippen LogP contribution in [0.2, 0.25) is 0 Å². The first-order chi connectivity index (χ1) is 10.8. The first kappa shape index (κ1) is 15.4. The smallest absolute Gasteiger partial charge is 0.419 e. The molecule has 122 valence electrons. The highest BCUT2D eigenvalue weighted by atomic mass is 16.6. The van der Waals surface area contributed by atoms with Crippen molar-refractivity contribution in [3.63, 3.8) is 0 Å². The molecular formula is C17H20N2O4. The first-order valence-electron chi connectivity index (χ1n) is 7.54. The molecule has 0 unspecified atom stereocenters. The van der Waals surface area contributed by atoms with E-state index in [0.29, 0.717) is 29.9 Å². The number of benzene rings is 1. The highest BCUT2D eigenvalue weighted by Crippen LogP contribution is 2.32. The quantitative estimate of drug-likeness (QED) is 0.878. The molecule has 0 bridgehead atoms. The molecule has 1 aromatic carbocycles. The van der Waals surface area contributed by atoms with E-state index in [1.807, 2.05) is 6.07 Å². The Morgan fingerprint density at radius 2 is 2.04 bits per heavy atom. The van der Waals surface area contributed by atoms with Crippen molar-refractivity contribution >= 4 is 22.9 Å². The molecule has 1 aliphatic heterocycles. The molecule has 0 saturated carbocycles. The number of methoxy groups -OCH3 is 1. The van der Waals surface area contributed by atoms with E-state index in [9.17, 15) is 9.59 Å². The third-order valence-electron chi connectivity index (χ3n) is 3.73. The van der Waals surface area contributed by atoms with E-state index in [1.54, 1.807) is 40.0 Å². The highest BCUT2D eigenvalue weighted by molar-refractivity contribution is 6.07. The Labute approximate surface area is 134 Å². The topological polar surface area (TPSA) is 69.6 Å². The summed E-state index contributed by atoms with van der Waals surface area (Å²) < 4.78 is 12.1. The van der Waals surface area contributed by atoms with Gasteiger partial charge in [0.2, 0.25) is 0 Å². The third kappa shape index (κ3) is 2.65. The number of amides is 1. The van der Waals surface area contributed by atoms with Gasteiger partial charge in [-0.05, 0) is 51.0 Å². The lowest BCUT2D eigenvalue weighted by molar-refractivity contribution is 0.0533. The maximum absolute atomic E-state index is 12.6. The van der Waals surface area contributed by atoms with Crippen LogP contribution in [-0.4, -0.2) is 35.8 Å². The van der Waals surface area contributed by atoms with E-state index in [4.69, 9.17) is 9.47 Å². The van der Waals surface area contributed by atoms with Gasteiger partial charge in [0, 0.05) is 11.9 Å². The molecule has 0 spiro atoms. The van der Waals surface area contributed by atoms with Crippen LogP contribution in [0.5, 0.6) is 5.75 Å². The lowest BCUT2D eigenvalue weighted by Gasteiger charge is -2.21. The molecule has 2 aromatic rings. The van der Waals surface area contributed by atoms with Gasteiger partial charge in [0.25, 0.3) is 5.91 Å². The average Bonchev–Trinajstić information content (AvgIpc) is 2.80. The van der Waals surface area contributed by atoms with Gasteiger partial charge >= 0.3 is 6.09 Å². The van der Waals surface area contributed by atoms with Crippen molar-refractivity contribution in [1.29, 1.82) is 0 Å². The van der Waals surface area contributed by atoms with Crippen molar-refractivity contribution in [2.75, 3.05) is 13.7 Å². The molecule has 23 heavy (non-hydrogen) atoms. The van der Waals surface area contributed by atoms with Gasteiger partial charge in [-0.1, -0.05) is 0 Å². The molecule has 6 nitrogen and oxygen atoms in total. The van der Waals surface area contributed by atoms with Gasteiger partial charge in [-0.15, -0.1) is 0 Å². The summed E-state index contributed by atoms with van der Waals surface area (Å²) in [5.74, 6) is 0.430. The largest absolute Gasteiger partial charge is 0.497 e. The lowest BCUT2D eigenvalue weighted by Crippen LogP contribution is -2.36. The summed E-state index contributed by atoms with van der Waals surface area (Å²) in [5, 5.41) is 3.63. The summed E-state index contributed by atoms with van der Waals surface area (Å²) in [6, 6.07) is 5.41. The summed E-state index contributed by atoms with van der Waals surface area (Å²) in [7, 11) is 1.59. The summed E-state index contributed by atoms with van der Waals surface area (Å²) in [6.07, 6.45) is 0.117. The van der Waals surface area contributed by atoms with Crippen LogP contribution in [-0.2, 0) is 11.2 Å².